The van der Waals surface area contributed by atoms with Gasteiger partial charge in [-0.25, -0.2) is 4.79 Å². The van der Waals surface area contributed by atoms with Crippen molar-refractivity contribution in [2.45, 2.75) is 51.6 Å². The molecule has 0 unspecified atom stereocenters. The van der Waals surface area contributed by atoms with E-state index in [1.165, 1.54) is 32.1 Å². The first-order chi connectivity index (χ1) is 17.0. The lowest BCUT2D eigenvalue weighted by atomic mass is 9.89. The van der Waals surface area contributed by atoms with Gasteiger partial charge in [-0.3, -0.25) is 18.7 Å². The molecule has 4 aromatic rings. The Hall–Kier alpha value is -3.87. The van der Waals surface area contributed by atoms with Crippen molar-refractivity contribution in [3.8, 4) is 0 Å². The highest BCUT2D eigenvalue weighted by Crippen LogP contribution is 2.26. The molecule has 0 atom stereocenters. The number of rotatable bonds is 7. The number of carbonyl (C=O) groups is 1. The second kappa shape index (κ2) is 9.78. The Morgan fingerprint density at radius 3 is 2.63 bits per heavy atom. The molecule has 2 heterocycles. The summed E-state index contributed by atoms with van der Waals surface area (Å²) in [6.07, 6.45) is 12.0. The van der Waals surface area contributed by atoms with Crippen LogP contribution in [0.2, 0.25) is 0 Å². The second-order valence-electron chi connectivity index (χ2n) is 9.36. The molecular formula is C28H29N3O4. The molecule has 1 aliphatic rings. The molecule has 1 aliphatic carbocycles. The van der Waals surface area contributed by atoms with Crippen molar-refractivity contribution >= 4 is 33.9 Å². The summed E-state index contributed by atoms with van der Waals surface area (Å²) in [6.45, 7) is 0.100. The van der Waals surface area contributed by atoms with Crippen molar-refractivity contribution < 1.29 is 9.90 Å². The first-order valence-electron chi connectivity index (χ1n) is 12.2. The molecule has 1 fully saturated rings. The number of aromatic amines is 1. The van der Waals surface area contributed by atoms with E-state index in [1.54, 1.807) is 4.57 Å². The van der Waals surface area contributed by atoms with E-state index in [-0.39, 0.29) is 19.5 Å². The minimum Gasteiger partial charge on any atom is -0.481 e. The monoisotopic (exact) mass is 471 g/mol. The van der Waals surface area contributed by atoms with Crippen molar-refractivity contribution in [1.82, 2.24) is 14.1 Å². The molecule has 0 spiro atoms. The third kappa shape index (κ3) is 4.71. The Labute approximate surface area is 202 Å². The van der Waals surface area contributed by atoms with E-state index in [0.717, 1.165) is 26.6 Å². The Bertz CT molecular complexity index is 1530. The van der Waals surface area contributed by atoms with E-state index in [9.17, 15) is 14.4 Å². The number of H-pyrrole nitrogens is 1. The fourth-order valence-corrected chi connectivity index (χ4v) is 5.11. The molecule has 2 aromatic carbocycles. The van der Waals surface area contributed by atoms with Gasteiger partial charge in [0.2, 0.25) is 0 Å². The van der Waals surface area contributed by atoms with Crippen LogP contribution in [0.1, 0.15) is 49.7 Å². The Morgan fingerprint density at radius 2 is 1.83 bits per heavy atom. The molecule has 35 heavy (non-hydrogen) atoms. The van der Waals surface area contributed by atoms with E-state index < -0.39 is 17.2 Å². The van der Waals surface area contributed by atoms with Gasteiger partial charge in [0.1, 0.15) is 0 Å². The summed E-state index contributed by atoms with van der Waals surface area (Å²) in [4.78, 5) is 41.1. The smallest absolute Gasteiger partial charge is 0.331 e. The number of nitrogens with one attached hydrogen (secondary N) is 1. The van der Waals surface area contributed by atoms with Crippen molar-refractivity contribution in [3.63, 3.8) is 0 Å². The molecule has 1 saturated carbocycles. The average Bonchev–Trinajstić information content (AvgIpc) is 3.28. The molecule has 0 amide bonds. The van der Waals surface area contributed by atoms with Crippen LogP contribution in [0.25, 0.3) is 27.9 Å². The Balaban J connectivity index is 1.61. The standard InChI is InChI=1S/C28H29N3O4/c32-26(33)14-15-30-27(34)23-16-20(11-10-19-6-2-1-3-7-19)12-13-25(23)31(28(30)35)18-21-17-29-24-9-5-4-8-22(21)24/h4-5,8-13,16-17,19,29H,1-3,6-7,14-15,18H2,(H,32,33)/b11-10+. The van der Waals surface area contributed by atoms with Crippen LogP contribution in [0, 0.1) is 5.92 Å². The predicted molar refractivity (Wildman–Crippen MR) is 138 cm³/mol. The van der Waals surface area contributed by atoms with E-state index in [0.29, 0.717) is 16.8 Å². The zero-order chi connectivity index (χ0) is 24.4. The third-order valence-corrected chi connectivity index (χ3v) is 7.01. The van der Waals surface area contributed by atoms with Gasteiger partial charge in [-0.1, -0.05) is 55.7 Å². The summed E-state index contributed by atoms with van der Waals surface area (Å²) in [5.74, 6) is -0.494. The summed E-state index contributed by atoms with van der Waals surface area (Å²) in [5, 5.41) is 10.6. The number of hydrogen-bond donors (Lipinski definition) is 2. The first-order valence-corrected chi connectivity index (χ1v) is 12.2. The molecule has 0 saturated heterocycles. The number of allylic oxidation sites excluding steroid dienone is 1. The lowest BCUT2D eigenvalue weighted by Crippen LogP contribution is -2.40. The van der Waals surface area contributed by atoms with E-state index >= 15 is 0 Å². The van der Waals surface area contributed by atoms with Gasteiger partial charge in [-0.05, 0) is 48.1 Å². The number of benzene rings is 2. The average molecular weight is 472 g/mol. The van der Waals surface area contributed by atoms with Crippen molar-refractivity contribution in [3.05, 3.63) is 86.7 Å². The maximum atomic E-state index is 13.4. The summed E-state index contributed by atoms with van der Waals surface area (Å²) < 4.78 is 2.63. The summed E-state index contributed by atoms with van der Waals surface area (Å²) in [7, 11) is 0. The number of nitrogens with zero attached hydrogens (tertiary/aromatic N) is 2. The fraction of sp³-hybridized carbons (Fsp3) is 0.321. The van der Waals surface area contributed by atoms with Crippen LogP contribution in [0.4, 0.5) is 0 Å². The molecule has 2 aromatic heterocycles. The Kier molecular flexibility index (Phi) is 6.40. The van der Waals surface area contributed by atoms with Gasteiger partial charge >= 0.3 is 11.7 Å². The van der Waals surface area contributed by atoms with Crippen LogP contribution in [0.15, 0.2) is 64.3 Å². The molecule has 0 aliphatic heterocycles. The summed E-state index contributed by atoms with van der Waals surface area (Å²) >= 11 is 0. The van der Waals surface area contributed by atoms with E-state index in [1.807, 2.05) is 48.7 Å². The topological polar surface area (TPSA) is 97.1 Å². The molecule has 7 nitrogen and oxygen atoms in total. The number of carboxylic acids is 1. The van der Waals surface area contributed by atoms with Crippen LogP contribution in [-0.4, -0.2) is 25.2 Å². The SMILES string of the molecule is O=C(O)CCn1c(=O)c2cc(/C=C/C3CCCCC3)ccc2n(Cc2c[nH]c3ccccc23)c1=O. The molecule has 5 rings (SSSR count). The Morgan fingerprint density at radius 1 is 1.03 bits per heavy atom. The van der Waals surface area contributed by atoms with Gasteiger partial charge in [-0.2, -0.15) is 0 Å². The van der Waals surface area contributed by atoms with Crippen molar-refractivity contribution in [2.24, 2.45) is 5.92 Å². The van der Waals surface area contributed by atoms with Gasteiger partial charge in [-0.15, -0.1) is 0 Å². The minimum absolute atomic E-state index is 0.168. The highest BCUT2D eigenvalue weighted by atomic mass is 16.4. The van der Waals surface area contributed by atoms with Crippen molar-refractivity contribution in [1.29, 1.82) is 0 Å². The zero-order valence-electron chi connectivity index (χ0n) is 19.6. The lowest BCUT2D eigenvalue weighted by Gasteiger charge is -2.17. The van der Waals surface area contributed by atoms with Crippen LogP contribution < -0.4 is 11.2 Å². The number of aromatic nitrogens is 3. The molecular weight excluding hydrogens is 442 g/mol. The number of para-hydroxylation sites is 1. The highest BCUT2D eigenvalue weighted by Gasteiger charge is 2.16. The van der Waals surface area contributed by atoms with E-state index in [2.05, 4.69) is 17.1 Å². The van der Waals surface area contributed by atoms with Gasteiger partial charge in [0.15, 0.2) is 0 Å². The highest BCUT2D eigenvalue weighted by molar-refractivity contribution is 5.84. The van der Waals surface area contributed by atoms with E-state index in [4.69, 9.17) is 5.11 Å². The largest absolute Gasteiger partial charge is 0.481 e. The van der Waals surface area contributed by atoms with Gasteiger partial charge < -0.3 is 10.1 Å². The lowest BCUT2D eigenvalue weighted by molar-refractivity contribution is -0.137. The molecule has 180 valence electrons. The predicted octanol–water partition coefficient (Wildman–Crippen LogP) is 4.76. The van der Waals surface area contributed by atoms with Crippen LogP contribution in [0.3, 0.4) is 0 Å². The van der Waals surface area contributed by atoms with Gasteiger partial charge in [0.05, 0.1) is 23.9 Å². The second-order valence-corrected chi connectivity index (χ2v) is 9.36. The van der Waals surface area contributed by atoms with Crippen molar-refractivity contribution in [2.75, 3.05) is 0 Å². The van der Waals surface area contributed by atoms with Gasteiger partial charge in [0, 0.05) is 23.6 Å². The van der Waals surface area contributed by atoms with Crippen LogP contribution in [0.5, 0.6) is 0 Å². The quantitative estimate of drug-likeness (QED) is 0.406. The number of fused-ring (bicyclic) bond motifs is 2. The normalized spacial score (nSPS) is 14.9. The number of carboxylic acid groups (broad SMARTS) is 1. The van der Waals surface area contributed by atoms with Gasteiger partial charge in [0.25, 0.3) is 5.56 Å². The number of aliphatic carboxylic acids is 1. The first kappa shape index (κ1) is 22.9. The molecule has 0 radical (unpaired) electrons. The maximum Gasteiger partial charge on any atom is 0.331 e. The number of hydrogen-bond acceptors (Lipinski definition) is 3. The summed E-state index contributed by atoms with van der Waals surface area (Å²) in [6, 6.07) is 13.4. The summed E-state index contributed by atoms with van der Waals surface area (Å²) in [5.41, 5.74) is 2.39. The molecule has 0 bridgehead atoms. The molecule has 7 heteroatoms. The maximum absolute atomic E-state index is 13.4. The van der Waals surface area contributed by atoms with Crippen LogP contribution >= 0.6 is 0 Å². The zero-order valence-corrected chi connectivity index (χ0v) is 19.6. The van der Waals surface area contributed by atoms with Crippen LogP contribution in [-0.2, 0) is 17.9 Å². The fourth-order valence-electron chi connectivity index (χ4n) is 5.11. The third-order valence-electron chi connectivity index (χ3n) is 7.01. The molecule has 2 N–H and O–H groups in total. The minimum atomic E-state index is -1.05.